The van der Waals surface area contributed by atoms with Crippen LogP contribution in [-0.4, -0.2) is 38.8 Å². The highest BCUT2D eigenvalue weighted by molar-refractivity contribution is 7.99. The van der Waals surface area contributed by atoms with Crippen LogP contribution in [0.15, 0.2) is 0 Å². The largest absolute Gasteiger partial charge is 0.478 e. The predicted octanol–water partition coefficient (Wildman–Crippen LogP) is 2.61. The third-order valence-electron chi connectivity index (χ3n) is 3.56. The molecule has 0 spiro atoms. The Morgan fingerprint density at radius 2 is 2.20 bits per heavy atom. The molecule has 1 saturated heterocycles. The molecule has 0 aliphatic carbocycles. The van der Waals surface area contributed by atoms with E-state index in [4.69, 9.17) is 0 Å². The molecule has 6 heteroatoms. The zero-order valence-corrected chi connectivity index (χ0v) is 12.8. The van der Waals surface area contributed by atoms with Crippen molar-refractivity contribution in [3.05, 3.63) is 16.8 Å². The van der Waals surface area contributed by atoms with E-state index in [-0.39, 0.29) is 0 Å². The van der Waals surface area contributed by atoms with Crippen molar-refractivity contribution < 1.29 is 9.90 Å². The van der Waals surface area contributed by atoms with Gasteiger partial charge in [-0.3, -0.25) is 0 Å². The van der Waals surface area contributed by atoms with Crippen LogP contribution in [0.5, 0.6) is 0 Å². The van der Waals surface area contributed by atoms with Crippen LogP contribution in [-0.2, 0) is 12.8 Å². The van der Waals surface area contributed by atoms with Crippen molar-refractivity contribution in [3.8, 4) is 0 Å². The summed E-state index contributed by atoms with van der Waals surface area (Å²) in [6.45, 7) is 3.93. The lowest BCUT2D eigenvalue weighted by atomic mass is 10.0. The fourth-order valence-electron chi connectivity index (χ4n) is 2.55. The molecule has 1 fully saturated rings. The minimum atomic E-state index is -0.919. The number of nitrogens with one attached hydrogen (secondary N) is 1. The summed E-state index contributed by atoms with van der Waals surface area (Å²) in [5, 5.41) is 21.1. The number of carboxylic acids is 1. The molecule has 20 heavy (non-hydrogen) atoms. The Labute approximate surface area is 123 Å². The van der Waals surface area contributed by atoms with Crippen LogP contribution in [0.1, 0.15) is 48.3 Å². The van der Waals surface area contributed by atoms with E-state index in [1.54, 1.807) is 0 Å². The molecule has 1 unspecified atom stereocenters. The highest BCUT2D eigenvalue weighted by atomic mass is 32.2. The average molecular weight is 295 g/mol. The number of aryl methyl sites for hydroxylation is 1. The SMILES string of the molecule is CCc1nnc(NC2CCCSC2)c(C(=O)O)c1CC. The van der Waals surface area contributed by atoms with Gasteiger partial charge in [-0.25, -0.2) is 4.79 Å². The molecule has 0 bridgehead atoms. The highest BCUT2D eigenvalue weighted by Crippen LogP contribution is 2.25. The van der Waals surface area contributed by atoms with Crippen molar-refractivity contribution >= 4 is 23.5 Å². The normalized spacial score (nSPS) is 18.8. The second-order valence-corrected chi connectivity index (χ2v) is 6.07. The van der Waals surface area contributed by atoms with Gasteiger partial charge in [-0.05, 0) is 37.0 Å². The molecule has 2 heterocycles. The van der Waals surface area contributed by atoms with Gasteiger partial charge in [0.2, 0.25) is 0 Å². The number of nitrogens with zero attached hydrogens (tertiary/aromatic N) is 2. The Bertz CT molecular complexity index is 488. The summed E-state index contributed by atoms with van der Waals surface area (Å²) in [6, 6.07) is 0.290. The van der Waals surface area contributed by atoms with Crippen LogP contribution in [0.25, 0.3) is 0 Å². The molecule has 0 radical (unpaired) electrons. The Kier molecular flexibility index (Phi) is 5.23. The summed E-state index contributed by atoms with van der Waals surface area (Å²) in [7, 11) is 0. The van der Waals surface area contributed by atoms with Crippen molar-refractivity contribution in [2.75, 3.05) is 16.8 Å². The predicted molar refractivity (Wildman–Crippen MR) is 81.7 cm³/mol. The molecular formula is C14H21N3O2S. The van der Waals surface area contributed by atoms with E-state index in [0.717, 1.165) is 29.9 Å². The van der Waals surface area contributed by atoms with Gasteiger partial charge < -0.3 is 10.4 Å². The molecule has 5 nitrogen and oxygen atoms in total. The lowest BCUT2D eigenvalue weighted by molar-refractivity contribution is 0.0696. The Hall–Kier alpha value is -1.30. The Balaban J connectivity index is 2.33. The molecule has 1 aliphatic rings. The van der Waals surface area contributed by atoms with Crippen LogP contribution in [0, 0.1) is 0 Å². The number of hydrogen-bond donors (Lipinski definition) is 2. The third kappa shape index (κ3) is 3.23. The van der Waals surface area contributed by atoms with Gasteiger partial charge in [0.05, 0.1) is 5.69 Å². The van der Waals surface area contributed by atoms with Gasteiger partial charge in [-0.15, -0.1) is 5.10 Å². The lowest BCUT2D eigenvalue weighted by Gasteiger charge is -2.24. The molecular weight excluding hydrogens is 274 g/mol. The van der Waals surface area contributed by atoms with Gasteiger partial charge in [0.15, 0.2) is 5.82 Å². The number of thioether (sulfide) groups is 1. The molecule has 1 atom stereocenters. The molecule has 0 saturated carbocycles. The number of carboxylic acid groups (broad SMARTS) is 1. The number of anilines is 1. The fraction of sp³-hybridized carbons (Fsp3) is 0.643. The van der Waals surface area contributed by atoms with E-state index in [1.165, 1.54) is 5.75 Å². The molecule has 0 amide bonds. The van der Waals surface area contributed by atoms with E-state index < -0.39 is 5.97 Å². The standard InChI is InChI=1S/C14H21N3O2S/c1-3-10-11(4-2)16-17-13(12(10)14(18)19)15-9-6-5-7-20-8-9/h9H,3-8H2,1-2H3,(H,15,17)(H,18,19). The Morgan fingerprint density at radius 3 is 2.75 bits per heavy atom. The number of hydrogen-bond acceptors (Lipinski definition) is 5. The number of carbonyl (C=O) groups is 1. The van der Waals surface area contributed by atoms with Gasteiger partial charge in [0.1, 0.15) is 5.56 Å². The first-order valence-electron chi connectivity index (χ1n) is 7.13. The second kappa shape index (κ2) is 6.92. The van der Waals surface area contributed by atoms with Crippen molar-refractivity contribution in [3.63, 3.8) is 0 Å². The van der Waals surface area contributed by atoms with Crippen LogP contribution < -0.4 is 5.32 Å². The van der Waals surface area contributed by atoms with E-state index in [0.29, 0.717) is 30.3 Å². The number of aromatic carboxylic acids is 1. The van der Waals surface area contributed by atoms with Gasteiger partial charge in [-0.1, -0.05) is 13.8 Å². The summed E-state index contributed by atoms with van der Waals surface area (Å²) < 4.78 is 0. The second-order valence-electron chi connectivity index (χ2n) is 4.92. The molecule has 0 aromatic carbocycles. The zero-order valence-electron chi connectivity index (χ0n) is 12.0. The first-order valence-corrected chi connectivity index (χ1v) is 8.28. The first kappa shape index (κ1) is 15.1. The summed E-state index contributed by atoms with van der Waals surface area (Å²) in [5.41, 5.74) is 1.89. The van der Waals surface area contributed by atoms with Crippen molar-refractivity contribution in [1.82, 2.24) is 10.2 Å². The average Bonchev–Trinajstić information content (AvgIpc) is 2.47. The first-order chi connectivity index (χ1) is 9.67. The minimum Gasteiger partial charge on any atom is -0.478 e. The maximum atomic E-state index is 11.6. The zero-order chi connectivity index (χ0) is 14.5. The summed E-state index contributed by atoms with van der Waals surface area (Å²) in [6.07, 6.45) is 3.58. The quantitative estimate of drug-likeness (QED) is 0.869. The summed E-state index contributed by atoms with van der Waals surface area (Å²) in [4.78, 5) is 11.6. The number of aromatic nitrogens is 2. The maximum Gasteiger partial charge on any atom is 0.339 e. The van der Waals surface area contributed by atoms with E-state index in [1.807, 2.05) is 25.6 Å². The van der Waals surface area contributed by atoms with Crippen LogP contribution in [0.3, 0.4) is 0 Å². The lowest BCUT2D eigenvalue weighted by Crippen LogP contribution is -2.28. The third-order valence-corrected chi connectivity index (χ3v) is 4.78. The van der Waals surface area contributed by atoms with E-state index in [9.17, 15) is 9.90 Å². The van der Waals surface area contributed by atoms with Crippen molar-refractivity contribution in [2.24, 2.45) is 0 Å². The molecule has 1 aromatic rings. The van der Waals surface area contributed by atoms with E-state index in [2.05, 4.69) is 15.5 Å². The van der Waals surface area contributed by atoms with Gasteiger partial charge in [0.25, 0.3) is 0 Å². The van der Waals surface area contributed by atoms with Crippen LogP contribution >= 0.6 is 11.8 Å². The maximum absolute atomic E-state index is 11.6. The number of rotatable bonds is 5. The monoisotopic (exact) mass is 295 g/mol. The van der Waals surface area contributed by atoms with Gasteiger partial charge in [-0.2, -0.15) is 16.9 Å². The van der Waals surface area contributed by atoms with Crippen molar-refractivity contribution in [1.29, 1.82) is 0 Å². The van der Waals surface area contributed by atoms with Gasteiger partial charge >= 0.3 is 5.97 Å². The Morgan fingerprint density at radius 1 is 1.40 bits per heavy atom. The smallest absolute Gasteiger partial charge is 0.339 e. The fourth-order valence-corrected chi connectivity index (χ4v) is 3.62. The summed E-state index contributed by atoms with van der Waals surface area (Å²) in [5.74, 6) is 1.69. The molecule has 2 rings (SSSR count). The molecule has 1 aliphatic heterocycles. The molecule has 1 aromatic heterocycles. The van der Waals surface area contributed by atoms with E-state index >= 15 is 0 Å². The van der Waals surface area contributed by atoms with Crippen LogP contribution in [0.4, 0.5) is 5.82 Å². The molecule has 2 N–H and O–H groups in total. The highest BCUT2D eigenvalue weighted by Gasteiger charge is 2.23. The summed E-state index contributed by atoms with van der Waals surface area (Å²) >= 11 is 1.90. The topological polar surface area (TPSA) is 75.1 Å². The van der Waals surface area contributed by atoms with Crippen molar-refractivity contribution in [2.45, 2.75) is 45.6 Å². The van der Waals surface area contributed by atoms with Gasteiger partial charge in [0, 0.05) is 11.8 Å². The molecule has 110 valence electrons. The van der Waals surface area contributed by atoms with Crippen LogP contribution in [0.2, 0.25) is 0 Å². The minimum absolute atomic E-state index is 0.290.